The summed E-state index contributed by atoms with van der Waals surface area (Å²) in [6.45, 7) is 0. The molecule has 0 unspecified atom stereocenters. The summed E-state index contributed by atoms with van der Waals surface area (Å²) in [5, 5.41) is 8.44. The van der Waals surface area contributed by atoms with Crippen LogP contribution in [0.1, 0.15) is 5.56 Å². The Kier molecular flexibility index (Phi) is 2.96. The van der Waals surface area contributed by atoms with Crippen molar-refractivity contribution in [2.24, 2.45) is 0 Å². The van der Waals surface area contributed by atoms with Crippen LogP contribution in [-0.4, -0.2) is 16.1 Å². The molecule has 12 heavy (non-hydrogen) atoms. The Labute approximate surface area is 81.8 Å². The molecule has 0 saturated carbocycles. The number of halogens is 2. The van der Waals surface area contributed by atoms with Gasteiger partial charge in [0.25, 0.3) is 0 Å². The fourth-order valence-electron chi connectivity index (χ4n) is 0.736. The van der Waals surface area contributed by atoms with Crippen LogP contribution in [0.3, 0.4) is 0 Å². The molecular weight excluding hydrogens is 276 g/mol. The fraction of sp³-hybridized carbons (Fsp3) is 0.143. The van der Waals surface area contributed by atoms with E-state index in [1.807, 2.05) is 0 Å². The van der Waals surface area contributed by atoms with E-state index in [1.165, 1.54) is 6.07 Å². The Morgan fingerprint density at radius 3 is 2.83 bits per heavy atom. The van der Waals surface area contributed by atoms with Gasteiger partial charge in [-0.25, -0.2) is 4.98 Å². The summed E-state index contributed by atoms with van der Waals surface area (Å²) < 4.78 is 12.8. The molecule has 0 aliphatic carbocycles. The molecular formula is C7H5FINO2. The monoisotopic (exact) mass is 281 g/mol. The zero-order valence-corrected chi connectivity index (χ0v) is 8.08. The van der Waals surface area contributed by atoms with Gasteiger partial charge in [-0.05, 0) is 34.2 Å². The molecule has 0 amide bonds. The number of carboxylic acid groups (broad SMARTS) is 1. The van der Waals surface area contributed by atoms with Gasteiger partial charge in [0, 0.05) is 0 Å². The molecule has 0 fully saturated rings. The number of carbonyl (C=O) groups is 1. The topological polar surface area (TPSA) is 50.2 Å². The maximum Gasteiger partial charge on any atom is 0.307 e. The third-order valence-corrected chi connectivity index (χ3v) is 2.17. The number of pyridine rings is 1. The minimum atomic E-state index is -0.943. The highest BCUT2D eigenvalue weighted by Crippen LogP contribution is 2.10. The SMILES string of the molecule is O=C(O)Cc1ccc(F)nc1I. The van der Waals surface area contributed by atoms with Crippen molar-refractivity contribution in [3.05, 3.63) is 27.3 Å². The second-order valence-corrected chi connectivity index (χ2v) is 3.18. The minimum absolute atomic E-state index is 0.119. The number of hydrogen-bond acceptors (Lipinski definition) is 2. The molecule has 0 aliphatic rings. The first-order valence-electron chi connectivity index (χ1n) is 3.12. The highest BCUT2D eigenvalue weighted by atomic mass is 127. The summed E-state index contributed by atoms with van der Waals surface area (Å²) >= 11 is 1.80. The van der Waals surface area contributed by atoms with Gasteiger partial charge in [-0.3, -0.25) is 4.79 Å². The Balaban J connectivity index is 2.93. The molecule has 0 saturated heterocycles. The van der Waals surface area contributed by atoms with Crippen molar-refractivity contribution in [2.75, 3.05) is 0 Å². The number of carboxylic acids is 1. The molecule has 0 spiro atoms. The van der Waals surface area contributed by atoms with Crippen molar-refractivity contribution in [1.82, 2.24) is 4.98 Å². The van der Waals surface area contributed by atoms with Crippen LogP contribution < -0.4 is 0 Å². The second-order valence-electron chi connectivity index (χ2n) is 2.15. The van der Waals surface area contributed by atoms with Crippen molar-refractivity contribution in [3.8, 4) is 0 Å². The van der Waals surface area contributed by atoms with Crippen LogP contribution in [0.2, 0.25) is 0 Å². The van der Waals surface area contributed by atoms with E-state index in [9.17, 15) is 9.18 Å². The molecule has 3 nitrogen and oxygen atoms in total. The van der Waals surface area contributed by atoms with E-state index in [0.29, 0.717) is 9.26 Å². The van der Waals surface area contributed by atoms with Gasteiger partial charge >= 0.3 is 5.97 Å². The zero-order chi connectivity index (χ0) is 9.14. The third-order valence-electron chi connectivity index (χ3n) is 1.23. The van der Waals surface area contributed by atoms with E-state index in [1.54, 1.807) is 22.6 Å². The van der Waals surface area contributed by atoms with Crippen LogP contribution in [0.4, 0.5) is 4.39 Å². The van der Waals surface area contributed by atoms with Crippen molar-refractivity contribution >= 4 is 28.6 Å². The molecule has 1 N–H and O–H groups in total. The van der Waals surface area contributed by atoms with Gasteiger partial charge in [0.05, 0.1) is 6.42 Å². The molecule has 64 valence electrons. The van der Waals surface area contributed by atoms with Crippen LogP contribution in [0, 0.1) is 9.65 Å². The van der Waals surface area contributed by atoms with Gasteiger partial charge in [0.2, 0.25) is 5.95 Å². The summed E-state index contributed by atoms with van der Waals surface area (Å²) in [6, 6.07) is 2.58. The maximum absolute atomic E-state index is 12.4. The molecule has 1 rings (SSSR count). The summed E-state index contributed by atoms with van der Waals surface area (Å²) in [6.07, 6.45) is -0.119. The quantitative estimate of drug-likeness (QED) is 0.659. The van der Waals surface area contributed by atoms with Crippen LogP contribution in [0.25, 0.3) is 0 Å². The molecule has 0 aliphatic heterocycles. The van der Waals surface area contributed by atoms with Crippen LogP contribution in [0.5, 0.6) is 0 Å². The first-order chi connectivity index (χ1) is 5.59. The van der Waals surface area contributed by atoms with Gasteiger partial charge in [0.1, 0.15) is 3.70 Å². The molecule has 0 radical (unpaired) electrons. The van der Waals surface area contributed by atoms with E-state index in [2.05, 4.69) is 4.98 Å². The van der Waals surface area contributed by atoms with E-state index < -0.39 is 11.9 Å². The number of aromatic nitrogens is 1. The number of nitrogens with zero attached hydrogens (tertiary/aromatic N) is 1. The van der Waals surface area contributed by atoms with E-state index in [-0.39, 0.29) is 6.42 Å². The summed E-state index contributed by atoms with van der Waals surface area (Å²) in [4.78, 5) is 13.8. The summed E-state index contributed by atoms with van der Waals surface area (Å²) in [5.74, 6) is -1.53. The lowest BCUT2D eigenvalue weighted by molar-refractivity contribution is -0.136. The second kappa shape index (κ2) is 3.79. The Morgan fingerprint density at radius 1 is 1.67 bits per heavy atom. The lowest BCUT2D eigenvalue weighted by Crippen LogP contribution is -2.03. The van der Waals surface area contributed by atoms with Crippen LogP contribution in [-0.2, 0) is 11.2 Å². The average Bonchev–Trinajstić information content (AvgIpc) is 1.94. The first kappa shape index (κ1) is 9.37. The van der Waals surface area contributed by atoms with Crippen molar-refractivity contribution in [2.45, 2.75) is 6.42 Å². The summed E-state index contributed by atoms with van der Waals surface area (Å²) in [5.41, 5.74) is 0.532. The van der Waals surface area contributed by atoms with Crippen molar-refractivity contribution in [3.63, 3.8) is 0 Å². The summed E-state index contributed by atoms with van der Waals surface area (Å²) in [7, 11) is 0. The van der Waals surface area contributed by atoms with Gasteiger partial charge in [-0.1, -0.05) is 6.07 Å². The van der Waals surface area contributed by atoms with E-state index in [0.717, 1.165) is 6.07 Å². The largest absolute Gasteiger partial charge is 0.481 e. The average molecular weight is 281 g/mol. The third kappa shape index (κ3) is 2.40. The number of rotatable bonds is 2. The van der Waals surface area contributed by atoms with Gasteiger partial charge in [0.15, 0.2) is 0 Å². The van der Waals surface area contributed by atoms with Gasteiger partial charge < -0.3 is 5.11 Å². The van der Waals surface area contributed by atoms with Crippen molar-refractivity contribution in [1.29, 1.82) is 0 Å². The number of hydrogen-bond donors (Lipinski definition) is 1. The minimum Gasteiger partial charge on any atom is -0.481 e. The molecule has 1 heterocycles. The highest BCUT2D eigenvalue weighted by molar-refractivity contribution is 14.1. The predicted octanol–water partition coefficient (Wildman–Crippen LogP) is 1.45. The maximum atomic E-state index is 12.4. The van der Waals surface area contributed by atoms with E-state index >= 15 is 0 Å². The molecule has 5 heteroatoms. The van der Waals surface area contributed by atoms with Crippen molar-refractivity contribution < 1.29 is 14.3 Å². The number of aliphatic carboxylic acids is 1. The molecule has 1 aromatic rings. The lowest BCUT2D eigenvalue weighted by Gasteiger charge is -1.98. The normalized spacial score (nSPS) is 9.83. The Morgan fingerprint density at radius 2 is 2.33 bits per heavy atom. The zero-order valence-electron chi connectivity index (χ0n) is 5.92. The molecule has 0 aromatic carbocycles. The smallest absolute Gasteiger partial charge is 0.307 e. The highest BCUT2D eigenvalue weighted by Gasteiger charge is 2.06. The lowest BCUT2D eigenvalue weighted by atomic mass is 10.2. The van der Waals surface area contributed by atoms with Crippen LogP contribution >= 0.6 is 22.6 Å². The standard InChI is InChI=1S/C7H5FINO2/c8-5-2-1-4(3-6(11)12)7(9)10-5/h1-2H,3H2,(H,11,12). The predicted molar refractivity (Wildman–Crippen MR) is 48.3 cm³/mol. The van der Waals surface area contributed by atoms with Gasteiger partial charge in [-0.2, -0.15) is 4.39 Å². The van der Waals surface area contributed by atoms with Crippen LogP contribution in [0.15, 0.2) is 12.1 Å². The molecule has 0 bridgehead atoms. The molecule has 0 atom stereocenters. The molecule has 1 aromatic heterocycles. The Hall–Kier alpha value is -0.720. The Bertz CT molecular complexity index is 316. The fourth-order valence-corrected chi connectivity index (χ4v) is 1.34. The van der Waals surface area contributed by atoms with Gasteiger partial charge in [-0.15, -0.1) is 0 Å². The van der Waals surface area contributed by atoms with E-state index in [4.69, 9.17) is 5.11 Å². The first-order valence-corrected chi connectivity index (χ1v) is 4.20.